The number of aromatic nitrogens is 2. The Balaban J connectivity index is 2.17. The second kappa shape index (κ2) is 7.85. The van der Waals surface area contributed by atoms with Gasteiger partial charge in [-0.2, -0.15) is 0 Å². The number of carbonyl (C=O) groups excluding carboxylic acids is 1. The summed E-state index contributed by atoms with van der Waals surface area (Å²) in [7, 11) is 3.46. The highest BCUT2D eigenvalue weighted by molar-refractivity contribution is 7.09. The number of hydrogen-bond acceptors (Lipinski definition) is 5. The molecule has 0 aliphatic carbocycles. The fraction of sp³-hybridized carbons (Fsp3) is 0.500. The molecule has 130 valence electrons. The van der Waals surface area contributed by atoms with Gasteiger partial charge >= 0.3 is 0 Å². The molecule has 0 saturated heterocycles. The summed E-state index contributed by atoms with van der Waals surface area (Å²) in [5.41, 5.74) is 3.31. The first kappa shape index (κ1) is 18.5. The highest BCUT2D eigenvalue weighted by atomic mass is 32.1. The molecule has 0 N–H and O–H groups in total. The van der Waals surface area contributed by atoms with Crippen molar-refractivity contribution in [1.82, 2.24) is 14.9 Å². The lowest BCUT2D eigenvalue weighted by molar-refractivity contribution is 0.0781. The van der Waals surface area contributed by atoms with E-state index in [9.17, 15) is 4.79 Å². The van der Waals surface area contributed by atoms with Gasteiger partial charge in [-0.1, -0.05) is 13.8 Å². The number of amides is 1. The number of nitrogens with zero attached hydrogens (tertiary/aromatic N) is 3. The van der Waals surface area contributed by atoms with Crippen LogP contribution < -0.4 is 0 Å². The molecular weight excluding hydrogens is 322 g/mol. The lowest BCUT2D eigenvalue weighted by Crippen LogP contribution is -2.28. The quantitative estimate of drug-likeness (QED) is 0.794. The van der Waals surface area contributed by atoms with Gasteiger partial charge < -0.3 is 9.64 Å². The number of ether oxygens (including phenoxy) is 1. The van der Waals surface area contributed by atoms with Gasteiger partial charge in [0.15, 0.2) is 0 Å². The first-order chi connectivity index (χ1) is 11.3. The number of aryl methyl sites for hydroxylation is 1. The Kier molecular flexibility index (Phi) is 6.07. The summed E-state index contributed by atoms with van der Waals surface area (Å²) < 4.78 is 5.28. The molecule has 0 aromatic carbocycles. The molecule has 0 spiro atoms. The fourth-order valence-corrected chi connectivity index (χ4v) is 3.24. The topological polar surface area (TPSA) is 55.3 Å². The van der Waals surface area contributed by atoms with Crippen molar-refractivity contribution >= 4 is 17.2 Å². The van der Waals surface area contributed by atoms with Crippen LogP contribution >= 0.6 is 11.3 Å². The smallest absolute Gasteiger partial charge is 0.255 e. The highest BCUT2D eigenvalue weighted by Crippen LogP contribution is 2.22. The van der Waals surface area contributed by atoms with Crippen molar-refractivity contribution in [1.29, 1.82) is 0 Å². The summed E-state index contributed by atoms with van der Waals surface area (Å²) in [5.74, 6) is 0.172. The molecule has 5 nitrogen and oxygen atoms in total. The van der Waals surface area contributed by atoms with Crippen LogP contribution in [0.1, 0.15) is 65.2 Å². The third-order valence-corrected chi connectivity index (χ3v) is 4.91. The normalized spacial score (nSPS) is 12.5. The SMILES string of the molecule is COC(C)c1nc(CN(C)C(=O)c2ccc(C)nc2C(C)C)cs1. The van der Waals surface area contributed by atoms with Crippen LogP contribution in [0.4, 0.5) is 0 Å². The maximum Gasteiger partial charge on any atom is 0.255 e. The van der Waals surface area contributed by atoms with Gasteiger partial charge in [0.05, 0.1) is 23.5 Å². The summed E-state index contributed by atoms with van der Waals surface area (Å²) in [6, 6.07) is 3.75. The molecule has 1 amide bonds. The van der Waals surface area contributed by atoms with Crippen molar-refractivity contribution in [3.05, 3.63) is 45.2 Å². The summed E-state index contributed by atoms with van der Waals surface area (Å²) in [6.45, 7) is 8.48. The second-order valence-corrected chi connectivity index (χ2v) is 7.15. The van der Waals surface area contributed by atoms with Crippen molar-refractivity contribution in [3.63, 3.8) is 0 Å². The maximum atomic E-state index is 12.8. The third-order valence-electron chi connectivity index (χ3n) is 3.86. The zero-order valence-corrected chi connectivity index (χ0v) is 16.0. The molecule has 1 unspecified atom stereocenters. The molecule has 0 saturated carbocycles. The van der Waals surface area contributed by atoms with Gasteiger partial charge in [0.25, 0.3) is 5.91 Å². The third kappa shape index (κ3) is 4.19. The summed E-state index contributed by atoms with van der Waals surface area (Å²) in [5, 5.41) is 2.90. The molecule has 2 heterocycles. The van der Waals surface area contributed by atoms with Crippen LogP contribution in [0, 0.1) is 6.92 Å². The summed E-state index contributed by atoms with van der Waals surface area (Å²) in [4.78, 5) is 23.6. The van der Waals surface area contributed by atoms with Crippen LogP contribution in [-0.4, -0.2) is 34.9 Å². The van der Waals surface area contributed by atoms with E-state index in [4.69, 9.17) is 4.74 Å². The first-order valence-corrected chi connectivity index (χ1v) is 8.91. The second-order valence-electron chi connectivity index (χ2n) is 6.26. The zero-order chi connectivity index (χ0) is 17.9. The molecule has 0 radical (unpaired) electrons. The maximum absolute atomic E-state index is 12.8. The summed E-state index contributed by atoms with van der Waals surface area (Å²) in [6.07, 6.45) is -0.0291. The van der Waals surface area contributed by atoms with E-state index < -0.39 is 0 Å². The molecule has 0 bridgehead atoms. The minimum atomic E-state index is -0.0291. The molecular formula is C18H25N3O2S. The standard InChI is InChI=1S/C18H25N3O2S/c1-11(2)16-15(8-7-12(3)19-16)18(22)21(5)9-14-10-24-17(20-14)13(4)23-6/h7-8,10-11,13H,9H2,1-6H3. The Morgan fingerprint density at radius 3 is 2.62 bits per heavy atom. The van der Waals surface area contributed by atoms with Gasteiger partial charge in [-0.25, -0.2) is 4.98 Å². The molecule has 0 aliphatic heterocycles. The number of rotatable bonds is 6. The number of carbonyl (C=O) groups is 1. The van der Waals surface area contributed by atoms with Crippen molar-refractivity contribution in [3.8, 4) is 0 Å². The van der Waals surface area contributed by atoms with E-state index in [0.29, 0.717) is 12.1 Å². The van der Waals surface area contributed by atoms with Crippen LogP contribution in [0.15, 0.2) is 17.5 Å². The van der Waals surface area contributed by atoms with Crippen LogP contribution in [0.25, 0.3) is 0 Å². The monoisotopic (exact) mass is 347 g/mol. The zero-order valence-electron chi connectivity index (χ0n) is 15.2. The van der Waals surface area contributed by atoms with Gasteiger partial charge in [-0.3, -0.25) is 9.78 Å². The fourth-order valence-electron chi connectivity index (χ4n) is 2.40. The van der Waals surface area contributed by atoms with E-state index in [1.807, 2.05) is 31.4 Å². The Morgan fingerprint density at radius 1 is 1.29 bits per heavy atom. The number of methoxy groups -OCH3 is 1. The van der Waals surface area contributed by atoms with E-state index in [1.54, 1.807) is 30.4 Å². The van der Waals surface area contributed by atoms with E-state index in [2.05, 4.69) is 23.8 Å². The van der Waals surface area contributed by atoms with Crippen molar-refractivity contribution < 1.29 is 9.53 Å². The Bertz CT molecular complexity index is 712. The average molecular weight is 347 g/mol. The minimum Gasteiger partial charge on any atom is -0.375 e. The van der Waals surface area contributed by atoms with Gasteiger partial charge in [0.2, 0.25) is 0 Å². The van der Waals surface area contributed by atoms with Gasteiger partial charge in [0, 0.05) is 25.2 Å². The van der Waals surface area contributed by atoms with Gasteiger partial charge in [-0.05, 0) is 31.9 Å². The molecule has 2 aromatic heterocycles. The van der Waals surface area contributed by atoms with Crippen LogP contribution in [-0.2, 0) is 11.3 Å². The lowest BCUT2D eigenvalue weighted by atomic mass is 10.0. The van der Waals surface area contributed by atoms with E-state index in [0.717, 1.165) is 22.1 Å². The van der Waals surface area contributed by atoms with Crippen LogP contribution in [0.5, 0.6) is 0 Å². The van der Waals surface area contributed by atoms with Gasteiger partial charge in [0.1, 0.15) is 11.1 Å². The van der Waals surface area contributed by atoms with E-state index in [-0.39, 0.29) is 17.9 Å². The Morgan fingerprint density at radius 2 is 2.00 bits per heavy atom. The van der Waals surface area contributed by atoms with Gasteiger partial charge in [-0.15, -0.1) is 11.3 Å². The molecule has 0 fully saturated rings. The largest absolute Gasteiger partial charge is 0.375 e. The molecule has 0 aliphatic rings. The highest BCUT2D eigenvalue weighted by Gasteiger charge is 2.20. The number of thiazole rings is 1. The van der Waals surface area contributed by atoms with Crippen molar-refractivity contribution in [2.75, 3.05) is 14.2 Å². The Hall–Kier alpha value is -1.79. The first-order valence-electron chi connectivity index (χ1n) is 8.03. The lowest BCUT2D eigenvalue weighted by Gasteiger charge is -2.19. The van der Waals surface area contributed by atoms with E-state index >= 15 is 0 Å². The number of hydrogen-bond donors (Lipinski definition) is 0. The molecule has 2 rings (SSSR count). The Labute approximate surface area is 147 Å². The molecule has 1 atom stereocenters. The average Bonchev–Trinajstić information content (AvgIpc) is 3.01. The minimum absolute atomic E-state index is 0.0273. The molecule has 2 aromatic rings. The van der Waals surface area contributed by atoms with E-state index in [1.165, 1.54) is 0 Å². The molecule has 24 heavy (non-hydrogen) atoms. The van der Waals surface area contributed by atoms with Crippen molar-refractivity contribution in [2.45, 2.75) is 46.3 Å². The molecule has 6 heteroatoms. The predicted octanol–water partition coefficient (Wildman–Crippen LogP) is 3.95. The van der Waals surface area contributed by atoms with Crippen LogP contribution in [0.2, 0.25) is 0 Å². The number of pyridine rings is 1. The van der Waals surface area contributed by atoms with Crippen molar-refractivity contribution in [2.24, 2.45) is 0 Å². The predicted molar refractivity (Wildman–Crippen MR) is 96.4 cm³/mol. The van der Waals surface area contributed by atoms with Crippen LogP contribution in [0.3, 0.4) is 0 Å². The summed E-state index contributed by atoms with van der Waals surface area (Å²) >= 11 is 1.56.